The largest absolute Gasteiger partial charge is 0.493 e. The average Bonchev–Trinajstić information content (AvgIpc) is 2.35. The summed E-state index contributed by atoms with van der Waals surface area (Å²) >= 11 is 0. The number of hydrogen-bond acceptors (Lipinski definition) is 4. The van der Waals surface area contributed by atoms with Gasteiger partial charge in [0.05, 0.1) is 13.7 Å². The molecule has 0 saturated heterocycles. The summed E-state index contributed by atoms with van der Waals surface area (Å²) in [7, 11) is 1.34. The maximum Gasteiger partial charge on any atom is 0.305 e. The average molecular weight is 255 g/mol. The zero-order valence-corrected chi connectivity index (χ0v) is 10.6. The number of halogens is 1. The molecule has 0 aliphatic carbocycles. The van der Waals surface area contributed by atoms with E-state index in [9.17, 15) is 9.18 Å². The van der Waals surface area contributed by atoms with Gasteiger partial charge in [-0.05, 0) is 31.5 Å². The molecule has 0 bridgehead atoms. The lowest BCUT2D eigenvalue weighted by Gasteiger charge is -2.13. The first-order valence-electron chi connectivity index (χ1n) is 5.79. The van der Waals surface area contributed by atoms with Crippen molar-refractivity contribution in [2.24, 2.45) is 5.73 Å². The third-order valence-corrected chi connectivity index (χ3v) is 2.47. The van der Waals surface area contributed by atoms with Gasteiger partial charge in [-0.25, -0.2) is 4.39 Å². The molecule has 100 valence electrons. The Labute approximate surface area is 106 Å². The lowest BCUT2D eigenvalue weighted by molar-refractivity contribution is -0.140. The second kappa shape index (κ2) is 6.96. The van der Waals surface area contributed by atoms with E-state index in [-0.39, 0.29) is 17.8 Å². The highest BCUT2D eigenvalue weighted by Crippen LogP contribution is 2.24. The van der Waals surface area contributed by atoms with Crippen LogP contribution in [-0.2, 0) is 9.53 Å². The SMILES string of the molecule is COC(=O)CCCOc1ccc(F)cc1C(C)N. The minimum atomic E-state index is -0.343. The van der Waals surface area contributed by atoms with Gasteiger partial charge in [-0.15, -0.1) is 0 Å². The van der Waals surface area contributed by atoms with Crippen molar-refractivity contribution in [3.8, 4) is 5.75 Å². The maximum absolute atomic E-state index is 13.1. The minimum absolute atomic E-state index is 0.273. The van der Waals surface area contributed by atoms with Crippen LogP contribution in [0.25, 0.3) is 0 Å². The molecule has 4 nitrogen and oxygen atoms in total. The lowest BCUT2D eigenvalue weighted by atomic mass is 10.1. The summed E-state index contributed by atoms with van der Waals surface area (Å²) in [6.07, 6.45) is 0.841. The molecule has 5 heteroatoms. The van der Waals surface area contributed by atoms with Gasteiger partial charge in [-0.1, -0.05) is 0 Å². The van der Waals surface area contributed by atoms with Crippen LogP contribution in [0.4, 0.5) is 4.39 Å². The number of rotatable bonds is 6. The van der Waals surface area contributed by atoms with Gasteiger partial charge in [0.1, 0.15) is 11.6 Å². The normalized spacial score (nSPS) is 12.0. The first-order valence-corrected chi connectivity index (χ1v) is 5.79. The van der Waals surface area contributed by atoms with Crippen molar-refractivity contribution >= 4 is 5.97 Å². The van der Waals surface area contributed by atoms with Crippen LogP contribution in [0.3, 0.4) is 0 Å². The van der Waals surface area contributed by atoms with Crippen LogP contribution in [0, 0.1) is 5.82 Å². The molecule has 0 aliphatic rings. The molecule has 0 radical (unpaired) electrons. The third kappa shape index (κ3) is 4.33. The summed E-state index contributed by atoms with van der Waals surface area (Å²) in [5.41, 5.74) is 6.36. The molecule has 0 saturated carbocycles. The molecule has 1 aromatic carbocycles. The quantitative estimate of drug-likeness (QED) is 0.625. The molecule has 0 spiro atoms. The molecule has 18 heavy (non-hydrogen) atoms. The fraction of sp³-hybridized carbons (Fsp3) is 0.462. The van der Waals surface area contributed by atoms with Gasteiger partial charge in [0.25, 0.3) is 0 Å². The van der Waals surface area contributed by atoms with Crippen LogP contribution < -0.4 is 10.5 Å². The number of hydrogen-bond donors (Lipinski definition) is 1. The first kappa shape index (κ1) is 14.4. The second-order valence-corrected chi connectivity index (χ2v) is 4.00. The smallest absolute Gasteiger partial charge is 0.305 e. The summed E-state index contributed by atoms with van der Waals surface area (Å²) in [5, 5.41) is 0. The van der Waals surface area contributed by atoms with Gasteiger partial charge >= 0.3 is 5.97 Å². The van der Waals surface area contributed by atoms with Gasteiger partial charge in [0, 0.05) is 18.0 Å². The predicted octanol–water partition coefficient (Wildman–Crippen LogP) is 2.18. The molecule has 2 N–H and O–H groups in total. The molecule has 0 amide bonds. The minimum Gasteiger partial charge on any atom is -0.493 e. The van der Waals surface area contributed by atoms with Crippen molar-refractivity contribution in [2.75, 3.05) is 13.7 Å². The highest BCUT2D eigenvalue weighted by molar-refractivity contribution is 5.69. The highest BCUT2D eigenvalue weighted by atomic mass is 19.1. The van der Waals surface area contributed by atoms with Crippen LogP contribution >= 0.6 is 0 Å². The summed E-state index contributed by atoms with van der Waals surface area (Å²) in [5.74, 6) is -0.0643. The number of nitrogens with two attached hydrogens (primary N) is 1. The van der Waals surface area contributed by atoms with Gasteiger partial charge in [-0.2, -0.15) is 0 Å². The van der Waals surface area contributed by atoms with Crippen molar-refractivity contribution in [1.29, 1.82) is 0 Å². The third-order valence-electron chi connectivity index (χ3n) is 2.47. The van der Waals surface area contributed by atoms with E-state index in [1.807, 2.05) is 0 Å². The van der Waals surface area contributed by atoms with Gasteiger partial charge in [0.15, 0.2) is 0 Å². The monoisotopic (exact) mass is 255 g/mol. The number of ether oxygens (including phenoxy) is 2. The number of esters is 1. The highest BCUT2D eigenvalue weighted by Gasteiger charge is 2.09. The summed E-state index contributed by atoms with van der Waals surface area (Å²) < 4.78 is 23.1. The molecular formula is C13H18FNO3. The molecule has 0 fully saturated rings. The Balaban J connectivity index is 2.54. The van der Waals surface area contributed by atoms with Gasteiger partial charge in [-0.3, -0.25) is 4.79 Å². The Hall–Kier alpha value is -1.62. The molecule has 1 aromatic rings. The van der Waals surface area contributed by atoms with Crippen molar-refractivity contribution in [1.82, 2.24) is 0 Å². The van der Waals surface area contributed by atoms with E-state index < -0.39 is 0 Å². The molecule has 1 unspecified atom stereocenters. The van der Waals surface area contributed by atoms with E-state index in [0.717, 1.165) is 0 Å². The first-order chi connectivity index (χ1) is 8.54. The van der Waals surface area contributed by atoms with Crippen LogP contribution in [0.1, 0.15) is 31.4 Å². The van der Waals surface area contributed by atoms with E-state index in [1.54, 1.807) is 13.0 Å². The molecular weight excluding hydrogens is 237 g/mol. The van der Waals surface area contributed by atoms with E-state index >= 15 is 0 Å². The van der Waals surface area contributed by atoms with Crippen LogP contribution in [-0.4, -0.2) is 19.7 Å². The Morgan fingerprint density at radius 2 is 2.22 bits per heavy atom. The summed E-state index contributed by atoms with van der Waals surface area (Å²) in [4.78, 5) is 10.9. The summed E-state index contributed by atoms with van der Waals surface area (Å²) in [6, 6.07) is 3.92. The zero-order chi connectivity index (χ0) is 13.5. The number of benzene rings is 1. The second-order valence-electron chi connectivity index (χ2n) is 4.00. The lowest BCUT2D eigenvalue weighted by Crippen LogP contribution is -2.10. The standard InChI is InChI=1S/C13H18FNO3/c1-9(15)11-8-10(14)5-6-12(11)18-7-3-4-13(16)17-2/h5-6,8-9H,3-4,7,15H2,1-2H3. The molecule has 1 rings (SSSR count). The van der Waals surface area contributed by atoms with Gasteiger partial charge < -0.3 is 15.2 Å². The molecule has 0 aromatic heterocycles. The zero-order valence-electron chi connectivity index (χ0n) is 10.6. The fourth-order valence-corrected chi connectivity index (χ4v) is 1.51. The Morgan fingerprint density at radius 3 is 2.83 bits per heavy atom. The van der Waals surface area contributed by atoms with E-state index in [0.29, 0.717) is 30.8 Å². The van der Waals surface area contributed by atoms with E-state index in [4.69, 9.17) is 10.5 Å². The fourth-order valence-electron chi connectivity index (χ4n) is 1.51. The van der Waals surface area contributed by atoms with E-state index in [2.05, 4.69) is 4.74 Å². The Bertz CT molecular complexity index is 407. The van der Waals surface area contributed by atoms with Crippen molar-refractivity contribution < 1.29 is 18.7 Å². The van der Waals surface area contributed by atoms with Crippen LogP contribution in [0.15, 0.2) is 18.2 Å². The Kier molecular flexibility index (Phi) is 5.58. The summed E-state index contributed by atoms with van der Waals surface area (Å²) in [6.45, 7) is 2.12. The van der Waals surface area contributed by atoms with Gasteiger partial charge in [0.2, 0.25) is 0 Å². The predicted molar refractivity (Wildman–Crippen MR) is 65.7 cm³/mol. The molecule has 0 heterocycles. The van der Waals surface area contributed by atoms with Crippen molar-refractivity contribution in [2.45, 2.75) is 25.8 Å². The topological polar surface area (TPSA) is 61.5 Å². The number of methoxy groups -OCH3 is 1. The Morgan fingerprint density at radius 1 is 1.50 bits per heavy atom. The van der Waals surface area contributed by atoms with E-state index in [1.165, 1.54) is 19.2 Å². The molecule has 0 aliphatic heterocycles. The van der Waals surface area contributed by atoms with Crippen LogP contribution in [0.5, 0.6) is 5.75 Å². The van der Waals surface area contributed by atoms with Crippen LogP contribution in [0.2, 0.25) is 0 Å². The number of carbonyl (C=O) groups excluding carboxylic acids is 1. The number of carbonyl (C=O) groups is 1. The molecule has 1 atom stereocenters. The van der Waals surface area contributed by atoms with Crippen molar-refractivity contribution in [3.05, 3.63) is 29.6 Å². The maximum atomic E-state index is 13.1. The van der Waals surface area contributed by atoms with Crippen molar-refractivity contribution in [3.63, 3.8) is 0 Å².